The fourth-order valence-corrected chi connectivity index (χ4v) is 2.53. The first-order valence-corrected chi connectivity index (χ1v) is 8.63. The molecule has 0 saturated heterocycles. The lowest BCUT2D eigenvalue weighted by Crippen LogP contribution is -2.43. The minimum Gasteiger partial charge on any atom is -0.497 e. The molecule has 0 aliphatic carbocycles. The van der Waals surface area contributed by atoms with E-state index in [1.54, 1.807) is 48.4 Å². The quantitative estimate of drug-likeness (QED) is 0.728. The van der Waals surface area contributed by atoms with Crippen molar-refractivity contribution in [2.45, 2.75) is 13.5 Å². The number of likely N-dealkylation sites (N-methyl/N-ethyl adjacent to an activating group) is 1. The van der Waals surface area contributed by atoms with Gasteiger partial charge in [-0.2, -0.15) is 0 Å². The number of methoxy groups -OCH3 is 1. The average Bonchev–Trinajstić information content (AvgIpc) is 2.66. The largest absolute Gasteiger partial charge is 0.497 e. The van der Waals surface area contributed by atoms with Crippen molar-refractivity contribution >= 4 is 28.9 Å². The van der Waals surface area contributed by atoms with Crippen LogP contribution in [0.2, 0.25) is 0 Å². The summed E-state index contributed by atoms with van der Waals surface area (Å²) in [7, 11) is 1.59. The summed E-state index contributed by atoms with van der Waals surface area (Å²) < 4.78 is 18.0. The second-order valence-electron chi connectivity index (χ2n) is 5.58. The Kier molecular flexibility index (Phi) is 7.35. The number of ether oxygens (including phenoxy) is 1. The Hall–Kier alpha value is -2.67. The highest BCUT2D eigenvalue weighted by molar-refractivity contribution is 7.80. The number of thiocarbonyl (C=S) groups is 1. The van der Waals surface area contributed by atoms with Gasteiger partial charge < -0.3 is 20.3 Å². The third kappa shape index (κ3) is 6.00. The first-order chi connectivity index (χ1) is 12.5. The predicted molar refractivity (Wildman–Crippen MR) is 105 cm³/mol. The standard InChI is InChI=1S/C19H22FN3O2S/c1-3-23(19(26)21-12-14-4-6-15(20)7-5-14)13-18(24)22-16-8-10-17(25-2)11-9-16/h4-11H,3,12-13H2,1-2H3,(H,21,26)(H,22,24). The van der Waals surface area contributed by atoms with Crippen LogP contribution in [0.4, 0.5) is 10.1 Å². The number of hydrogen-bond donors (Lipinski definition) is 2. The lowest BCUT2D eigenvalue weighted by Gasteiger charge is -2.24. The molecule has 2 rings (SSSR count). The van der Waals surface area contributed by atoms with E-state index in [1.165, 1.54) is 12.1 Å². The van der Waals surface area contributed by atoms with Crippen LogP contribution in [0.3, 0.4) is 0 Å². The average molecular weight is 375 g/mol. The van der Waals surface area contributed by atoms with Crippen LogP contribution in [-0.2, 0) is 11.3 Å². The number of anilines is 1. The minimum atomic E-state index is -0.276. The SMILES string of the molecule is CCN(CC(=O)Nc1ccc(OC)cc1)C(=S)NCc1ccc(F)cc1. The molecule has 2 aromatic rings. The number of rotatable bonds is 7. The zero-order chi connectivity index (χ0) is 18.9. The highest BCUT2D eigenvalue weighted by atomic mass is 32.1. The molecule has 7 heteroatoms. The summed E-state index contributed by atoms with van der Waals surface area (Å²) in [4.78, 5) is 14.0. The van der Waals surface area contributed by atoms with Gasteiger partial charge in [-0.25, -0.2) is 4.39 Å². The van der Waals surface area contributed by atoms with E-state index in [4.69, 9.17) is 17.0 Å². The van der Waals surface area contributed by atoms with Gasteiger partial charge in [0, 0.05) is 18.8 Å². The molecule has 26 heavy (non-hydrogen) atoms. The monoisotopic (exact) mass is 375 g/mol. The maximum Gasteiger partial charge on any atom is 0.243 e. The zero-order valence-electron chi connectivity index (χ0n) is 14.8. The van der Waals surface area contributed by atoms with Crippen LogP contribution in [0.15, 0.2) is 48.5 Å². The van der Waals surface area contributed by atoms with Gasteiger partial charge in [-0.3, -0.25) is 4.79 Å². The second kappa shape index (κ2) is 9.72. The Morgan fingerprint density at radius 3 is 2.38 bits per heavy atom. The summed E-state index contributed by atoms with van der Waals surface area (Å²) in [5.74, 6) is 0.286. The molecule has 0 saturated carbocycles. The van der Waals surface area contributed by atoms with Crippen molar-refractivity contribution in [3.63, 3.8) is 0 Å². The van der Waals surface area contributed by atoms with Gasteiger partial charge >= 0.3 is 0 Å². The van der Waals surface area contributed by atoms with Gasteiger partial charge in [0.2, 0.25) is 5.91 Å². The van der Waals surface area contributed by atoms with Crippen molar-refractivity contribution in [2.75, 3.05) is 25.5 Å². The zero-order valence-corrected chi connectivity index (χ0v) is 15.6. The molecule has 0 aliphatic rings. The maximum atomic E-state index is 12.9. The van der Waals surface area contributed by atoms with E-state index >= 15 is 0 Å². The van der Waals surface area contributed by atoms with Crippen LogP contribution >= 0.6 is 12.2 Å². The molecule has 0 aromatic heterocycles. The van der Waals surface area contributed by atoms with E-state index in [9.17, 15) is 9.18 Å². The molecule has 0 unspecified atom stereocenters. The lowest BCUT2D eigenvalue weighted by molar-refractivity contribution is -0.116. The fraction of sp³-hybridized carbons (Fsp3) is 0.263. The van der Waals surface area contributed by atoms with E-state index in [1.807, 2.05) is 6.92 Å². The summed E-state index contributed by atoms with van der Waals surface area (Å²) in [6.45, 7) is 3.12. The van der Waals surface area contributed by atoms with Gasteiger partial charge in [0.05, 0.1) is 13.7 Å². The number of hydrogen-bond acceptors (Lipinski definition) is 3. The van der Waals surface area contributed by atoms with Crippen molar-refractivity contribution in [2.24, 2.45) is 0 Å². The summed E-state index contributed by atoms with van der Waals surface area (Å²) in [5.41, 5.74) is 1.60. The first kappa shape index (κ1) is 19.7. The van der Waals surface area contributed by atoms with E-state index in [2.05, 4.69) is 10.6 Å². The Labute approximate surface area is 158 Å². The summed E-state index contributed by atoms with van der Waals surface area (Å²) in [6, 6.07) is 13.3. The predicted octanol–water partition coefficient (Wildman–Crippen LogP) is 3.17. The molecule has 0 bridgehead atoms. The molecule has 0 aliphatic heterocycles. The highest BCUT2D eigenvalue weighted by Crippen LogP contribution is 2.14. The van der Waals surface area contributed by atoms with E-state index in [0.29, 0.717) is 23.9 Å². The highest BCUT2D eigenvalue weighted by Gasteiger charge is 2.12. The maximum absolute atomic E-state index is 12.9. The number of nitrogens with one attached hydrogen (secondary N) is 2. The van der Waals surface area contributed by atoms with Gasteiger partial charge in [-0.1, -0.05) is 12.1 Å². The molecule has 138 valence electrons. The molecule has 2 aromatic carbocycles. The summed E-state index contributed by atoms with van der Waals surface area (Å²) in [5, 5.41) is 6.39. The second-order valence-corrected chi connectivity index (χ2v) is 5.96. The topological polar surface area (TPSA) is 53.6 Å². The Morgan fingerprint density at radius 2 is 1.81 bits per heavy atom. The number of amides is 1. The van der Waals surface area contributed by atoms with E-state index in [-0.39, 0.29) is 18.3 Å². The molecule has 0 atom stereocenters. The Balaban J connectivity index is 1.84. The summed E-state index contributed by atoms with van der Waals surface area (Å²) in [6.07, 6.45) is 0. The Morgan fingerprint density at radius 1 is 1.15 bits per heavy atom. The fourth-order valence-electron chi connectivity index (χ4n) is 2.27. The number of nitrogens with zero attached hydrogens (tertiary/aromatic N) is 1. The third-order valence-corrected chi connectivity index (χ3v) is 4.14. The number of benzene rings is 2. The van der Waals surface area contributed by atoms with Crippen LogP contribution in [0, 0.1) is 5.82 Å². The van der Waals surface area contributed by atoms with Crippen LogP contribution < -0.4 is 15.4 Å². The summed E-state index contributed by atoms with van der Waals surface area (Å²) >= 11 is 5.36. The smallest absolute Gasteiger partial charge is 0.243 e. The van der Waals surface area contributed by atoms with Crippen LogP contribution in [0.25, 0.3) is 0 Å². The molecule has 0 heterocycles. The van der Waals surface area contributed by atoms with Crippen molar-refractivity contribution in [3.8, 4) is 5.75 Å². The molecule has 0 fully saturated rings. The van der Waals surface area contributed by atoms with Crippen molar-refractivity contribution in [1.29, 1.82) is 0 Å². The molecular weight excluding hydrogens is 353 g/mol. The van der Waals surface area contributed by atoms with Gasteiger partial charge in [-0.05, 0) is 61.1 Å². The number of carbonyl (C=O) groups is 1. The molecule has 2 N–H and O–H groups in total. The van der Waals surface area contributed by atoms with Gasteiger partial charge in [0.25, 0.3) is 0 Å². The number of halogens is 1. The van der Waals surface area contributed by atoms with Gasteiger partial charge in [-0.15, -0.1) is 0 Å². The van der Waals surface area contributed by atoms with Crippen LogP contribution in [0.5, 0.6) is 5.75 Å². The van der Waals surface area contributed by atoms with Crippen LogP contribution in [-0.4, -0.2) is 36.1 Å². The molecular formula is C19H22FN3O2S. The third-order valence-electron chi connectivity index (χ3n) is 3.73. The lowest BCUT2D eigenvalue weighted by atomic mass is 10.2. The molecule has 0 radical (unpaired) electrons. The van der Waals surface area contributed by atoms with Crippen molar-refractivity contribution < 1.29 is 13.9 Å². The first-order valence-electron chi connectivity index (χ1n) is 8.23. The number of carbonyl (C=O) groups excluding carboxylic acids is 1. The molecule has 0 spiro atoms. The minimum absolute atomic E-state index is 0.137. The van der Waals surface area contributed by atoms with Gasteiger partial charge in [0.1, 0.15) is 11.6 Å². The van der Waals surface area contributed by atoms with Crippen molar-refractivity contribution in [1.82, 2.24) is 10.2 Å². The van der Waals surface area contributed by atoms with E-state index in [0.717, 1.165) is 11.3 Å². The van der Waals surface area contributed by atoms with Crippen molar-refractivity contribution in [3.05, 3.63) is 59.9 Å². The van der Waals surface area contributed by atoms with Crippen LogP contribution in [0.1, 0.15) is 12.5 Å². The normalized spacial score (nSPS) is 10.1. The molecule has 5 nitrogen and oxygen atoms in total. The van der Waals surface area contributed by atoms with E-state index < -0.39 is 0 Å². The molecule has 1 amide bonds. The van der Waals surface area contributed by atoms with Gasteiger partial charge in [0.15, 0.2) is 5.11 Å². The Bertz CT molecular complexity index is 735.